The van der Waals surface area contributed by atoms with Crippen LogP contribution in [-0.4, -0.2) is 6.18 Å². The molecule has 1 rings (SSSR count). The van der Waals surface area contributed by atoms with E-state index in [1.54, 1.807) is 12.1 Å². The van der Waals surface area contributed by atoms with Crippen molar-refractivity contribution >= 4 is 0 Å². The number of halogens is 3. The van der Waals surface area contributed by atoms with Crippen LogP contribution in [0, 0.1) is 28.6 Å². The van der Waals surface area contributed by atoms with Gasteiger partial charge in [-0.25, -0.2) is 0 Å². The van der Waals surface area contributed by atoms with E-state index in [-0.39, 0.29) is 18.4 Å². The van der Waals surface area contributed by atoms with E-state index in [2.05, 4.69) is 0 Å². The van der Waals surface area contributed by atoms with Crippen molar-refractivity contribution in [2.45, 2.75) is 19.0 Å². The van der Waals surface area contributed by atoms with Gasteiger partial charge in [-0.1, -0.05) is 12.2 Å². The van der Waals surface area contributed by atoms with Gasteiger partial charge in [0.15, 0.2) is 0 Å². The minimum absolute atomic E-state index is 0.0310. The van der Waals surface area contributed by atoms with Crippen LogP contribution in [-0.2, 0) is 0 Å². The van der Waals surface area contributed by atoms with Crippen molar-refractivity contribution in [3.05, 3.63) is 23.3 Å². The highest BCUT2D eigenvalue weighted by molar-refractivity contribution is 5.36. The van der Waals surface area contributed by atoms with Crippen LogP contribution in [0.3, 0.4) is 0 Å². The van der Waals surface area contributed by atoms with E-state index in [0.717, 1.165) is 0 Å². The molecule has 5 heteroatoms. The standard InChI is InChI=1S/C10H7F3N2/c11-10(12,13)9-5-7(6-15)1-2-8(9)3-4-14/h1-2,7H,3,5H2. The number of nitriles is 2. The molecule has 0 aromatic heterocycles. The highest BCUT2D eigenvalue weighted by Gasteiger charge is 2.37. The molecule has 15 heavy (non-hydrogen) atoms. The van der Waals surface area contributed by atoms with Gasteiger partial charge in [-0.2, -0.15) is 23.7 Å². The van der Waals surface area contributed by atoms with Crippen molar-refractivity contribution in [1.82, 2.24) is 0 Å². The quantitative estimate of drug-likeness (QED) is 0.670. The number of hydrogen-bond acceptors (Lipinski definition) is 2. The fourth-order valence-corrected chi connectivity index (χ4v) is 1.39. The van der Waals surface area contributed by atoms with Crippen molar-refractivity contribution in [1.29, 1.82) is 10.5 Å². The Kier molecular flexibility index (Phi) is 3.16. The van der Waals surface area contributed by atoms with Crippen LogP contribution >= 0.6 is 0 Å². The summed E-state index contributed by atoms with van der Waals surface area (Å²) in [4.78, 5) is 0. The molecule has 0 fully saturated rings. The average molecular weight is 212 g/mol. The van der Waals surface area contributed by atoms with Gasteiger partial charge in [0.25, 0.3) is 0 Å². The maximum atomic E-state index is 12.5. The van der Waals surface area contributed by atoms with Crippen molar-refractivity contribution in [2.24, 2.45) is 5.92 Å². The molecule has 0 heterocycles. The molecule has 0 N–H and O–H groups in total. The molecule has 0 saturated carbocycles. The molecule has 78 valence electrons. The summed E-state index contributed by atoms with van der Waals surface area (Å²) in [6, 6.07) is 3.45. The molecule has 0 radical (unpaired) electrons. The zero-order valence-corrected chi connectivity index (χ0v) is 7.67. The summed E-state index contributed by atoms with van der Waals surface area (Å²) in [7, 11) is 0. The van der Waals surface area contributed by atoms with Crippen molar-refractivity contribution in [2.75, 3.05) is 0 Å². The Balaban J connectivity index is 3.06. The van der Waals surface area contributed by atoms with E-state index in [9.17, 15) is 13.2 Å². The third kappa shape index (κ3) is 2.60. The summed E-state index contributed by atoms with van der Waals surface area (Å²) in [5, 5.41) is 16.9. The van der Waals surface area contributed by atoms with Crippen LogP contribution in [0.1, 0.15) is 12.8 Å². The summed E-state index contributed by atoms with van der Waals surface area (Å²) >= 11 is 0. The number of hydrogen-bond donors (Lipinski definition) is 0. The van der Waals surface area contributed by atoms with Crippen LogP contribution < -0.4 is 0 Å². The molecule has 1 aliphatic rings. The maximum Gasteiger partial charge on any atom is 0.413 e. The number of alkyl halides is 3. The first-order valence-electron chi connectivity index (χ1n) is 4.23. The van der Waals surface area contributed by atoms with Crippen molar-refractivity contribution in [3.8, 4) is 12.1 Å². The first-order chi connectivity index (χ1) is 6.99. The Bertz CT molecular complexity index is 390. The molecular weight excluding hydrogens is 205 g/mol. The van der Waals surface area contributed by atoms with Gasteiger partial charge in [0.05, 0.1) is 24.5 Å². The first kappa shape index (κ1) is 11.3. The highest BCUT2D eigenvalue weighted by atomic mass is 19.4. The van der Waals surface area contributed by atoms with E-state index < -0.39 is 17.7 Å². The molecule has 1 aliphatic carbocycles. The lowest BCUT2D eigenvalue weighted by Crippen LogP contribution is -2.18. The van der Waals surface area contributed by atoms with Gasteiger partial charge in [-0.3, -0.25) is 0 Å². The zero-order chi connectivity index (χ0) is 11.5. The van der Waals surface area contributed by atoms with Gasteiger partial charge in [-0.15, -0.1) is 0 Å². The summed E-state index contributed by atoms with van der Waals surface area (Å²) in [6.45, 7) is 0. The average Bonchev–Trinajstić information content (AvgIpc) is 2.17. The molecule has 1 atom stereocenters. The van der Waals surface area contributed by atoms with Crippen molar-refractivity contribution < 1.29 is 13.2 Å². The third-order valence-electron chi connectivity index (χ3n) is 2.12. The number of rotatable bonds is 1. The lowest BCUT2D eigenvalue weighted by Gasteiger charge is -2.19. The molecular formula is C10H7F3N2. The predicted octanol–water partition coefficient (Wildman–Crippen LogP) is 2.86. The Labute approximate surface area is 84.9 Å². The van der Waals surface area contributed by atoms with Crippen molar-refractivity contribution in [3.63, 3.8) is 0 Å². The Morgan fingerprint density at radius 1 is 1.40 bits per heavy atom. The second-order valence-corrected chi connectivity index (χ2v) is 3.14. The maximum absolute atomic E-state index is 12.5. The smallest absolute Gasteiger partial charge is 0.198 e. The van der Waals surface area contributed by atoms with Crippen LogP contribution in [0.2, 0.25) is 0 Å². The minimum Gasteiger partial charge on any atom is -0.198 e. The number of allylic oxidation sites excluding steroid dienone is 4. The molecule has 0 spiro atoms. The van der Waals surface area contributed by atoms with E-state index in [4.69, 9.17) is 10.5 Å². The summed E-state index contributed by atoms with van der Waals surface area (Å²) in [5.74, 6) is -0.746. The number of nitrogens with zero attached hydrogens (tertiary/aromatic N) is 2. The fourth-order valence-electron chi connectivity index (χ4n) is 1.39. The third-order valence-corrected chi connectivity index (χ3v) is 2.12. The lowest BCUT2D eigenvalue weighted by atomic mass is 9.89. The summed E-state index contributed by atoms with van der Waals surface area (Å²) < 4.78 is 37.5. The van der Waals surface area contributed by atoms with Crippen LogP contribution in [0.15, 0.2) is 23.3 Å². The van der Waals surface area contributed by atoms with Gasteiger partial charge in [0.1, 0.15) is 0 Å². The molecule has 0 amide bonds. The first-order valence-corrected chi connectivity index (χ1v) is 4.23. The molecule has 2 nitrogen and oxygen atoms in total. The minimum atomic E-state index is -4.45. The van der Waals surface area contributed by atoms with Gasteiger partial charge in [0, 0.05) is 5.57 Å². The zero-order valence-electron chi connectivity index (χ0n) is 7.67. The van der Waals surface area contributed by atoms with Crippen LogP contribution in [0.5, 0.6) is 0 Å². The van der Waals surface area contributed by atoms with E-state index >= 15 is 0 Å². The monoisotopic (exact) mass is 212 g/mol. The topological polar surface area (TPSA) is 47.6 Å². The molecule has 1 unspecified atom stereocenters. The lowest BCUT2D eigenvalue weighted by molar-refractivity contribution is -0.0954. The molecule has 0 saturated heterocycles. The van der Waals surface area contributed by atoms with Gasteiger partial charge < -0.3 is 0 Å². The molecule has 0 bridgehead atoms. The predicted molar refractivity (Wildman–Crippen MR) is 46.2 cm³/mol. The van der Waals surface area contributed by atoms with Gasteiger partial charge in [-0.05, 0) is 12.0 Å². The van der Waals surface area contributed by atoms with Crippen LogP contribution in [0.4, 0.5) is 13.2 Å². The second kappa shape index (κ2) is 4.18. The van der Waals surface area contributed by atoms with E-state index in [1.165, 1.54) is 12.2 Å². The normalized spacial score (nSPS) is 21.0. The molecule has 0 aliphatic heterocycles. The molecule has 0 aromatic carbocycles. The Morgan fingerprint density at radius 3 is 2.53 bits per heavy atom. The fraction of sp³-hybridized carbons (Fsp3) is 0.400. The largest absolute Gasteiger partial charge is 0.413 e. The Hall–Kier alpha value is -1.75. The van der Waals surface area contributed by atoms with Gasteiger partial charge in [0.2, 0.25) is 0 Å². The molecule has 0 aromatic rings. The Morgan fingerprint density at radius 2 is 2.07 bits per heavy atom. The highest BCUT2D eigenvalue weighted by Crippen LogP contribution is 2.37. The van der Waals surface area contributed by atoms with Gasteiger partial charge >= 0.3 is 6.18 Å². The SMILES string of the molecule is N#CCC1=C(C(F)(F)F)CC(C#N)C=C1. The van der Waals surface area contributed by atoms with E-state index in [0.29, 0.717) is 0 Å². The van der Waals surface area contributed by atoms with E-state index in [1.807, 2.05) is 0 Å². The summed E-state index contributed by atoms with van der Waals surface area (Å²) in [5.41, 5.74) is -0.783. The summed E-state index contributed by atoms with van der Waals surface area (Å²) in [6.07, 6.45) is -2.45. The second-order valence-electron chi connectivity index (χ2n) is 3.14. The van der Waals surface area contributed by atoms with Crippen LogP contribution in [0.25, 0.3) is 0 Å².